The first-order chi connectivity index (χ1) is 13.6. The number of aliphatic hydroxyl groups is 6. The van der Waals surface area contributed by atoms with Crippen LogP contribution in [-0.4, -0.2) is 86.3 Å². The van der Waals surface area contributed by atoms with Crippen LogP contribution in [0.15, 0.2) is 12.2 Å². The fourth-order valence-corrected chi connectivity index (χ4v) is 5.50. The van der Waals surface area contributed by atoms with E-state index in [1.807, 2.05) is 13.8 Å². The zero-order chi connectivity index (χ0) is 21.6. The van der Waals surface area contributed by atoms with Crippen LogP contribution in [0.25, 0.3) is 0 Å². The Morgan fingerprint density at radius 2 is 1.79 bits per heavy atom. The molecule has 0 radical (unpaired) electrons. The summed E-state index contributed by atoms with van der Waals surface area (Å²) in [5, 5.41) is 60.4. The van der Waals surface area contributed by atoms with Gasteiger partial charge in [-0.1, -0.05) is 12.2 Å². The maximum absolute atomic E-state index is 10.6. The molecule has 0 aromatic heterocycles. The predicted octanol–water partition coefficient (Wildman–Crippen LogP) is -0.313. The lowest BCUT2D eigenvalue weighted by Crippen LogP contribution is -2.61. The van der Waals surface area contributed by atoms with E-state index in [1.165, 1.54) is 0 Å². The third-order valence-corrected chi connectivity index (χ3v) is 7.61. The van der Waals surface area contributed by atoms with Gasteiger partial charge in [0.05, 0.1) is 24.9 Å². The zero-order valence-corrected chi connectivity index (χ0v) is 17.3. The SMILES string of the molecule is C=C1CC[C@H](O)[C@]2(CO)CC[C@@H](C(C)(C)O[C@@H]3O[C@H](CO)[C@@H](O)[C@H](O)[C@H]3O)C[C@H]12. The topological polar surface area (TPSA) is 140 Å². The maximum Gasteiger partial charge on any atom is 0.187 e. The van der Waals surface area contributed by atoms with Crippen molar-refractivity contribution in [2.75, 3.05) is 13.2 Å². The van der Waals surface area contributed by atoms with Crippen LogP contribution < -0.4 is 0 Å². The van der Waals surface area contributed by atoms with E-state index >= 15 is 0 Å². The lowest BCUT2D eigenvalue weighted by Gasteiger charge is -2.55. The highest BCUT2D eigenvalue weighted by atomic mass is 16.7. The zero-order valence-electron chi connectivity index (χ0n) is 17.3. The maximum atomic E-state index is 10.6. The summed E-state index contributed by atoms with van der Waals surface area (Å²) in [7, 11) is 0. The molecule has 1 saturated heterocycles. The Balaban J connectivity index is 1.74. The van der Waals surface area contributed by atoms with Crippen LogP contribution in [0.3, 0.4) is 0 Å². The molecule has 9 atom stereocenters. The van der Waals surface area contributed by atoms with Crippen molar-refractivity contribution in [3.63, 3.8) is 0 Å². The summed E-state index contributed by atoms with van der Waals surface area (Å²) in [6.07, 6.45) is -3.74. The van der Waals surface area contributed by atoms with Crippen LogP contribution >= 0.6 is 0 Å². The largest absolute Gasteiger partial charge is 0.396 e. The lowest BCUT2D eigenvalue weighted by molar-refractivity contribution is -0.330. The normalized spacial score (nSPS) is 46.4. The van der Waals surface area contributed by atoms with Crippen LogP contribution in [-0.2, 0) is 9.47 Å². The number of allylic oxidation sites excluding steroid dienone is 1. The first-order valence-electron chi connectivity index (χ1n) is 10.5. The predicted molar refractivity (Wildman–Crippen MR) is 104 cm³/mol. The minimum atomic E-state index is -1.48. The third kappa shape index (κ3) is 4.02. The molecule has 2 aliphatic carbocycles. The Morgan fingerprint density at radius 3 is 2.41 bits per heavy atom. The van der Waals surface area contributed by atoms with Gasteiger partial charge >= 0.3 is 0 Å². The summed E-state index contributed by atoms with van der Waals surface area (Å²) in [5.41, 5.74) is -0.277. The molecule has 3 rings (SSSR count). The fourth-order valence-electron chi connectivity index (χ4n) is 5.50. The molecule has 6 N–H and O–H groups in total. The second-order valence-electron chi connectivity index (χ2n) is 9.55. The molecule has 3 aliphatic rings. The van der Waals surface area contributed by atoms with Crippen LogP contribution in [0.5, 0.6) is 0 Å². The molecule has 0 bridgehead atoms. The number of fused-ring (bicyclic) bond motifs is 1. The number of aliphatic hydroxyl groups excluding tert-OH is 6. The monoisotopic (exact) mass is 416 g/mol. The lowest BCUT2D eigenvalue weighted by atomic mass is 9.53. The van der Waals surface area contributed by atoms with Gasteiger partial charge in [-0.05, 0) is 57.8 Å². The molecule has 1 aliphatic heterocycles. The molecular weight excluding hydrogens is 380 g/mol. The van der Waals surface area contributed by atoms with Crippen LogP contribution in [0, 0.1) is 17.3 Å². The molecule has 168 valence electrons. The second kappa shape index (κ2) is 8.51. The quantitative estimate of drug-likeness (QED) is 0.335. The van der Waals surface area contributed by atoms with Crippen molar-refractivity contribution < 1.29 is 40.1 Å². The molecule has 2 saturated carbocycles. The van der Waals surface area contributed by atoms with E-state index in [0.717, 1.165) is 12.0 Å². The average molecular weight is 417 g/mol. The standard InChI is InChI=1S/C21H36O8/c1-11-4-5-15(24)21(10-23)7-6-12(8-13(11)21)20(2,3)29-19-18(27)17(26)16(25)14(9-22)28-19/h12-19,22-27H,1,4-10H2,2-3H3/t12-,13-,14-,15+,16-,17+,18-,19+,21+/m1/s1. The van der Waals surface area contributed by atoms with Gasteiger partial charge in [-0.25, -0.2) is 0 Å². The van der Waals surface area contributed by atoms with Gasteiger partial charge in [0.15, 0.2) is 6.29 Å². The van der Waals surface area contributed by atoms with Crippen molar-refractivity contribution in [1.82, 2.24) is 0 Å². The highest BCUT2D eigenvalue weighted by Crippen LogP contribution is 2.55. The van der Waals surface area contributed by atoms with Gasteiger partial charge in [0.1, 0.15) is 24.4 Å². The van der Waals surface area contributed by atoms with Crippen molar-refractivity contribution in [1.29, 1.82) is 0 Å². The van der Waals surface area contributed by atoms with E-state index in [9.17, 15) is 30.6 Å². The molecule has 0 spiro atoms. The highest BCUT2D eigenvalue weighted by Gasteiger charge is 2.54. The number of hydrogen-bond donors (Lipinski definition) is 6. The van der Waals surface area contributed by atoms with E-state index in [0.29, 0.717) is 25.7 Å². The average Bonchev–Trinajstić information content (AvgIpc) is 2.70. The van der Waals surface area contributed by atoms with Crippen molar-refractivity contribution in [2.24, 2.45) is 17.3 Å². The van der Waals surface area contributed by atoms with Gasteiger partial charge < -0.3 is 40.1 Å². The highest BCUT2D eigenvalue weighted by molar-refractivity contribution is 5.17. The summed E-state index contributed by atoms with van der Waals surface area (Å²) >= 11 is 0. The molecule has 0 aromatic carbocycles. The van der Waals surface area contributed by atoms with E-state index in [-0.39, 0.29) is 18.4 Å². The van der Waals surface area contributed by atoms with Crippen molar-refractivity contribution >= 4 is 0 Å². The Morgan fingerprint density at radius 1 is 1.10 bits per heavy atom. The molecule has 3 fully saturated rings. The molecule has 0 amide bonds. The summed E-state index contributed by atoms with van der Waals surface area (Å²) in [5.74, 6) is 0.0225. The minimum absolute atomic E-state index is 0.0207. The van der Waals surface area contributed by atoms with Crippen LogP contribution in [0.1, 0.15) is 46.0 Å². The van der Waals surface area contributed by atoms with Crippen molar-refractivity contribution in [3.8, 4) is 0 Å². The Kier molecular flexibility index (Phi) is 6.78. The van der Waals surface area contributed by atoms with Crippen LogP contribution in [0.2, 0.25) is 0 Å². The summed E-state index contributed by atoms with van der Waals surface area (Å²) < 4.78 is 11.6. The van der Waals surface area contributed by atoms with Gasteiger partial charge in [0, 0.05) is 5.41 Å². The molecule has 8 heteroatoms. The number of hydrogen-bond acceptors (Lipinski definition) is 8. The van der Waals surface area contributed by atoms with E-state index in [1.54, 1.807) is 0 Å². The van der Waals surface area contributed by atoms with Gasteiger partial charge in [0.2, 0.25) is 0 Å². The first kappa shape index (κ1) is 23.1. The molecule has 1 heterocycles. The fraction of sp³-hybridized carbons (Fsp3) is 0.905. The molecule has 0 unspecified atom stereocenters. The summed E-state index contributed by atoms with van der Waals surface area (Å²) in [4.78, 5) is 0. The van der Waals surface area contributed by atoms with Gasteiger partial charge in [-0.15, -0.1) is 0 Å². The van der Waals surface area contributed by atoms with E-state index in [2.05, 4.69) is 6.58 Å². The Labute approximate surface area is 171 Å². The van der Waals surface area contributed by atoms with Crippen molar-refractivity contribution in [3.05, 3.63) is 12.2 Å². The molecular formula is C21H36O8. The Hall–Kier alpha value is -0.580. The summed E-state index contributed by atoms with van der Waals surface area (Å²) in [6.45, 7) is 7.37. The smallest absolute Gasteiger partial charge is 0.187 e. The molecule has 29 heavy (non-hydrogen) atoms. The third-order valence-electron chi connectivity index (χ3n) is 7.61. The van der Waals surface area contributed by atoms with Crippen molar-refractivity contribution in [2.45, 2.75) is 88.4 Å². The van der Waals surface area contributed by atoms with E-state index in [4.69, 9.17) is 9.47 Å². The van der Waals surface area contributed by atoms with Crippen LogP contribution in [0.4, 0.5) is 0 Å². The van der Waals surface area contributed by atoms with Gasteiger partial charge in [0.25, 0.3) is 0 Å². The van der Waals surface area contributed by atoms with E-state index < -0.39 is 54.4 Å². The van der Waals surface area contributed by atoms with Gasteiger partial charge in [-0.2, -0.15) is 0 Å². The molecule has 0 aromatic rings. The Bertz CT molecular complexity index is 593. The first-order valence-corrected chi connectivity index (χ1v) is 10.5. The molecule has 8 nitrogen and oxygen atoms in total. The number of rotatable bonds is 5. The number of ether oxygens (including phenoxy) is 2. The van der Waals surface area contributed by atoms with Gasteiger partial charge in [-0.3, -0.25) is 0 Å². The summed E-state index contributed by atoms with van der Waals surface area (Å²) in [6, 6.07) is 0. The second-order valence-corrected chi connectivity index (χ2v) is 9.55. The minimum Gasteiger partial charge on any atom is -0.396 e.